The Labute approximate surface area is 139 Å². The zero-order valence-corrected chi connectivity index (χ0v) is 12.7. The van der Waals surface area contributed by atoms with Crippen molar-refractivity contribution in [3.8, 4) is 0 Å². The number of halogens is 16. The molecule has 0 aromatic heterocycles. The summed E-state index contributed by atoms with van der Waals surface area (Å²) in [6, 6.07) is 0. The van der Waals surface area contributed by atoms with Gasteiger partial charge in [-0.3, -0.25) is 0 Å². The minimum Gasteiger partial charge on any atom is -0.209 e. The van der Waals surface area contributed by atoms with Gasteiger partial charge in [-0.25, -0.2) is 17.6 Å². The van der Waals surface area contributed by atoms with E-state index in [1.807, 2.05) is 0 Å². The van der Waals surface area contributed by atoms with Crippen molar-refractivity contribution < 1.29 is 70.2 Å². The summed E-state index contributed by atoms with van der Waals surface area (Å²) in [6.45, 7) is -2.04. The summed E-state index contributed by atoms with van der Waals surface area (Å²) in [6.07, 6.45) is -19.4. The fraction of sp³-hybridized carbons (Fsp3) is 1.00. The van der Waals surface area contributed by atoms with Crippen molar-refractivity contribution in [2.75, 3.05) is 0 Å². The number of hydrogen-bond acceptors (Lipinski definition) is 0. The van der Waals surface area contributed by atoms with Crippen molar-refractivity contribution in [3.05, 3.63) is 0 Å². The van der Waals surface area contributed by atoms with E-state index in [1.165, 1.54) is 0 Å². The first-order chi connectivity index (χ1) is 11.3. The van der Waals surface area contributed by atoms with E-state index in [-0.39, 0.29) is 0 Å². The maximum atomic E-state index is 13.8. The monoisotopic (exact) mass is 444 g/mol. The van der Waals surface area contributed by atoms with Crippen molar-refractivity contribution in [1.82, 2.24) is 0 Å². The zero-order valence-electron chi connectivity index (χ0n) is 12.7. The van der Waals surface area contributed by atoms with Crippen LogP contribution in [0.5, 0.6) is 0 Å². The van der Waals surface area contributed by atoms with Gasteiger partial charge in [0, 0.05) is 0 Å². The Hall–Kier alpha value is -1.12. The first-order valence-corrected chi connectivity index (χ1v) is 6.28. The lowest BCUT2D eigenvalue weighted by molar-refractivity contribution is -0.421. The molecule has 0 aromatic rings. The van der Waals surface area contributed by atoms with Crippen LogP contribution in [0.1, 0.15) is 13.8 Å². The van der Waals surface area contributed by atoms with E-state index in [0.29, 0.717) is 0 Å². The second-order valence-electron chi connectivity index (χ2n) is 5.61. The Kier molecular flexibility index (Phi) is 6.19. The van der Waals surface area contributed by atoms with Crippen molar-refractivity contribution in [2.24, 2.45) is 11.3 Å². The Morgan fingerprint density at radius 1 is 0.519 bits per heavy atom. The van der Waals surface area contributed by atoms with Crippen LogP contribution in [-0.2, 0) is 0 Å². The van der Waals surface area contributed by atoms with E-state index < -0.39 is 67.6 Å². The van der Waals surface area contributed by atoms with Crippen molar-refractivity contribution in [1.29, 1.82) is 0 Å². The Morgan fingerprint density at radius 3 is 1.07 bits per heavy atom. The highest BCUT2D eigenvalue weighted by Crippen LogP contribution is 2.62. The molecule has 0 radical (unpaired) electrons. The van der Waals surface area contributed by atoms with Crippen LogP contribution in [0.15, 0.2) is 0 Å². The molecule has 0 spiro atoms. The van der Waals surface area contributed by atoms with Crippen LogP contribution in [0, 0.1) is 11.3 Å². The summed E-state index contributed by atoms with van der Waals surface area (Å²) < 4.78 is 205. The Balaban J connectivity index is 6.54. The van der Waals surface area contributed by atoms with Gasteiger partial charge in [-0.15, -0.1) is 0 Å². The van der Waals surface area contributed by atoms with Crippen LogP contribution in [0.4, 0.5) is 70.2 Å². The molecule has 164 valence electrons. The summed E-state index contributed by atoms with van der Waals surface area (Å²) in [4.78, 5) is 0. The molecule has 0 heterocycles. The van der Waals surface area contributed by atoms with E-state index in [0.717, 1.165) is 0 Å². The molecule has 0 saturated heterocycles. The highest BCUT2D eigenvalue weighted by Gasteiger charge is 2.86. The summed E-state index contributed by atoms with van der Waals surface area (Å²) >= 11 is 0. The lowest BCUT2D eigenvalue weighted by Crippen LogP contribution is -2.68. The highest BCUT2D eigenvalue weighted by molar-refractivity contribution is 5.09. The molecule has 2 atom stereocenters. The van der Waals surface area contributed by atoms with Crippen LogP contribution in [-0.4, -0.2) is 42.5 Å². The lowest BCUT2D eigenvalue weighted by Gasteiger charge is -2.45. The first-order valence-electron chi connectivity index (χ1n) is 6.28. The standard InChI is InChI=1S/C11H8F16/c1-3(6(14,15)5(2,4(12)13)10(22,23)24)7(16,17)8(18,19)9(20,21)11(25,26)27/h3-4H,1-2H3/t3-,5?/m1/s1. The Bertz CT molecular complexity index is 525. The highest BCUT2D eigenvalue weighted by atomic mass is 19.4. The van der Waals surface area contributed by atoms with Crippen LogP contribution in [0.25, 0.3) is 0 Å². The van der Waals surface area contributed by atoms with Gasteiger partial charge in [0.15, 0.2) is 5.41 Å². The Morgan fingerprint density at radius 2 is 0.852 bits per heavy atom. The molecule has 0 aliphatic carbocycles. The summed E-state index contributed by atoms with van der Waals surface area (Å²) in [5, 5.41) is 0. The molecule has 0 fully saturated rings. The molecule has 0 amide bonds. The second-order valence-corrected chi connectivity index (χ2v) is 5.61. The maximum absolute atomic E-state index is 13.8. The smallest absolute Gasteiger partial charge is 0.209 e. The van der Waals surface area contributed by atoms with Gasteiger partial charge in [0.2, 0.25) is 0 Å². The van der Waals surface area contributed by atoms with E-state index in [4.69, 9.17) is 0 Å². The van der Waals surface area contributed by atoms with Gasteiger partial charge in [0.25, 0.3) is 12.3 Å². The molecule has 0 N–H and O–H groups in total. The number of alkyl halides is 16. The van der Waals surface area contributed by atoms with Crippen LogP contribution >= 0.6 is 0 Å². The third-order valence-electron chi connectivity index (χ3n) is 3.97. The molecule has 0 aliphatic heterocycles. The van der Waals surface area contributed by atoms with Gasteiger partial charge in [0.05, 0.1) is 5.92 Å². The average Bonchev–Trinajstić information content (AvgIpc) is 2.41. The van der Waals surface area contributed by atoms with Crippen molar-refractivity contribution in [3.63, 3.8) is 0 Å². The molecule has 1 unspecified atom stereocenters. The molecule has 16 heteroatoms. The lowest BCUT2D eigenvalue weighted by atomic mass is 9.73. The fourth-order valence-corrected chi connectivity index (χ4v) is 1.79. The molecule has 0 rings (SSSR count). The molecule has 0 aliphatic rings. The zero-order chi connectivity index (χ0) is 22.7. The van der Waals surface area contributed by atoms with Gasteiger partial charge in [-0.05, 0) is 6.92 Å². The largest absolute Gasteiger partial charge is 0.460 e. The topological polar surface area (TPSA) is 0 Å². The fourth-order valence-electron chi connectivity index (χ4n) is 1.79. The summed E-state index contributed by atoms with van der Waals surface area (Å²) in [5.41, 5.74) is -5.77. The van der Waals surface area contributed by atoms with Crippen LogP contribution in [0.3, 0.4) is 0 Å². The molecule has 0 bridgehead atoms. The van der Waals surface area contributed by atoms with E-state index >= 15 is 0 Å². The normalized spacial score (nSPS) is 19.2. The molecule has 0 saturated carbocycles. The van der Waals surface area contributed by atoms with E-state index in [9.17, 15) is 70.2 Å². The predicted molar refractivity (Wildman–Crippen MR) is 55.2 cm³/mol. The SMILES string of the molecule is C[C@@H](C(F)(F)C(F)(F)C(F)(F)C(F)(F)F)C(F)(F)C(C)(C(F)F)C(F)(F)F. The summed E-state index contributed by atoms with van der Waals surface area (Å²) in [7, 11) is 0. The third kappa shape index (κ3) is 3.40. The average molecular weight is 444 g/mol. The van der Waals surface area contributed by atoms with Gasteiger partial charge < -0.3 is 0 Å². The summed E-state index contributed by atoms with van der Waals surface area (Å²) in [5.74, 6) is -34.2. The van der Waals surface area contributed by atoms with Crippen molar-refractivity contribution in [2.45, 2.75) is 56.3 Å². The third-order valence-corrected chi connectivity index (χ3v) is 3.97. The minimum absolute atomic E-state index is 0.979. The number of hydrogen-bond donors (Lipinski definition) is 0. The molecular formula is C11H8F16. The van der Waals surface area contributed by atoms with Crippen LogP contribution < -0.4 is 0 Å². The predicted octanol–water partition coefficient (Wildman–Crippen LogP) is 6.56. The minimum atomic E-state index is -7.70. The first kappa shape index (κ1) is 25.9. The van der Waals surface area contributed by atoms with Gasteiger partial charge in [-0.1, -0.05) is 6.92 Å². The quantitative estimate of drug-likeness (QED) is 0.407. The molecule has 0 nitrogen and oxygen atoms in total. The van der Waals surface area contributed by atoms with Gasteiger partial charge in [0.1, 0.15) is 0 Å². The number of rotatable bonds is 6. The van der Waals surface area contributed by atoms with E-state index in [1.54, 1.807) is 0 Å². The molecular weight excluding hydrogens is 436 g/mol. The van der Waals surface area contributed by atoms with E-state index in [2.05, 4.69) is 0 Å². The molecule has 0 aromatic carbocycles. The van der Waals surface area contributed by atoms with Crippen molar-refractivity contribution >= 4 is 0 Å². The second kappa shape index (κ2) is 6.46. The van der Waals surface area contributed by atoms with Gasteiger partial charge in [-0.2, -0.15) is 52.7 Å². The van der Waals surface area contributed by atoms with Gasteiger partial charge >= 0.3 is 30.1 Å². The maximum Gasteiger partial charge on any atom is 0.460 e. The van der Waals surface area contributed by atoms with Crippen LogP contribution in [0.2, 0.25) is 0 Å². The molecule has 27 heavy (non-hydrogen) atoms.